The molecule has 10 atom stereocenters. The van der Waals surface area contributed by atoms with Gasteiger partial charge in [0.2, 0.25) is 29.5 Å². The monoisotopic (exact) mass is 817 g/mol. The van der Waals surface area contributed by atoms with Crippen molar-refractivity contribution in [2.45, 2.75) is 142 Å². The zero-order chi connectivity index (χ0) is 44.0. The molecule has 0 aromatic heterocycles. The minimum absolute atomic E-state index is 0.0620. The quantitative estimate of drug-likeness (QED) is 0.127. The van der Waals surface area contributed by atoms with Crippen LogP contribution in [0.2, 0.25) is 0 Å². The van der Waals surface area contributed by atoms with Gasteiger partial charge in [0.15, 0.2) is 0 Å². The molecule has 15 heteroatoms. The van der Waals surface area contributed by atoms with E-state index < -0.39 is 72.2 Å². The molecule has 0 radical (unpaired) electrons. The Hall–Kier alpha value is -4.08. The van der Waals surface area contributed by atoms with Gasteiger partial charge in [-0.15, -0.1) is 0 Å². The molecule has 328 valence electrons. The molecule has 5 amide bonds. The lowest BCUT2D eigenvalue weighted by molar-refractivity contribution is -0.149. The number of ether oxygens (including phenoxy) is 2. The van der Waals surface area contributed by atoms with Crippen LogP contribution in [0.15, 0.2) is 30.3 Å². The van der Waals surface area contributed by atoms with Crippen molar-refractivity contribution < 1.29 is 43.3 Å². The molecule has 58 heavy (non-hydrogen) atoms. The third kappa shape index (κ3) is 13.0. The van der Waals surface area contributed by atoms with E-state index in [-0.39, 0.29) is 48.3 Å². The molecule has 0 aliphatic carbocycles. The molecular formula is C43H72N6O9. The van der Waals surface area contributed by atoms with E-state index in [1.807, 2.05) is 59.7 Å². The third-order valence-electron chi connectivity index (χ3n) is 11.8. The van der Waals surface area contributed by atoms with E-state index in [4.69, 9.17) is 15.2 Å². The van der Waals surface area contributed by atoms with Gasteiger partial charge >= 0.3 is 5.97 Å². The van der Waals surface area contributed by atoms with Gasteiger partial charge in [-0.3, -0.25) is 24.0 Å². The fraction of sp³-hybridized carbons (Fsp3) is 0.721. The van der Waals surface area contributed by atoms with E-state index >= 15 is 0 Å². The van der Waals surface area contributed by atoms with E-state index in [9.17, 15) is 33.9 Å². The maximum atomic E-state index is 14.4. The summed E-state index contributed by atoms with van der Waals surface area (Å²) in [4.78, 5) is 85.8. The van der Waals surface area contributed by atoms with Crippen LogP contribution in [0, 0.1) is 23.7 Å². The highest BCUT2D eigenvalue weighted by atomic mass is 16.5. The number of nitrogens with two attached hydrogens (primary N) is 1. The Bertz CT molecular complexity index is 1510. The fourth-order valence-corrected chi connectivity index (χ4v) is 8.13. The van der Waals surface area contributed by atoms with Crippen LogP contribution in [-0.2, 0) is 44.7 Å². The summed E-state index contributed by atoms with van der Waals surface area (Å²) in [6, 6.07) is 4.35. The predicted octanol–water partition coefficient (Wildman–Crippen LogP) is 3.08. The first-order valence-electron chi connectivity index (χ1n) is 20.8. The number of carbonyl (C=O) groups excluding carboxylic acids is 5. The summed E-state index contributed by atoms with van der Waals surface area (Å²) in [7, 11) is 6.20. The van der Waals surface area contributed by atoms with Crippen molar-refractivity contribution in [3.63, 3.8) is 0 Å². The smallest absolute Gasteiger partial charge is 0.326 e. The Kier molecular flexibility index (Phi) is 20.3. The van der Waals surface area contributed by atoms with Crippen LogP contribution >= 0.6 is 0 Å². The van der Waals surface area contributed by atoms with Crippen molar-refractivity contribution >= 4 is 35.5 Å². The zero-order valence-corrected chi connectivity index (χ0v) is 36.9. The minimum Gasteiger partial charge on any atom is -0.480 e. The molecule has 0 saturated carbocycles. The van der Waals surface area contributed by atoms with E-state index in [0.717, 1.165) is 5.56 Å². The first kappa shape index (κ1) is 50.1. The summed E-state index contributed by atoms with van der Waals surface area (Å²) < 4.78 is 11.9. The summed E-state index contributed by atoms with van der Waals surface area (Å²) in [5, 5.41) is 15.5. The van der Waals surface area contributed by atoms with Gasteiger partial charge < -0.3 is 45.6 Å². The van der Waals surface area contributed by atoms with Crippen molar-refractivity contribution in [1.29, 1.82) is 0 Å². The molecule has 5 N–H and O–H groups in total. The van der Waals surface area contributed by atoms with Gasteiger partial charge in [-0.25, -0.2) is 4.79 Å². The van der Waals surface area contributed by atoms with Gasteiger partial charge in [0, 0.05) is 41.3 Å². The van der Waals surface area contributed by atoms with Crippen molar-refractivity contribution in [3.8, 4) is 0 Å². The van der Waals surface area contributed by atoms with Crippen molar-refractivity contribution in [2.75, 3.05) is 34.9 Å². The molecule has 1 aromatic carbocycles. The average Bonchev–Trinajstić information content (AvgIpc) is 3.68. The lowest BCUT2D eigenvalue weighted by Crippen LogP contribution is -2.61. The predicted molar refractivity (Wildman–Crippen MR) is 222 cm³/mol. The number of hydrogen-bond acceptors (Lipinski definition) is 9. The second kappa shape index (κ2) is 23.5. The van der Waals surface area contributed by atoms with E-state index in [2.05, 4.69) is 10.6 Å². The summed E-state index contributed by atoms with van der Waals surface area (Å²) in [6.45, 7) is 15.2. The minimum atomic E-state index is -1.15. The highest BCUT2D eigenvalue weighted by Crippen LogP contribution is 2.30. The Morgan fingerprint density at radius 3 is 1.98 bits per heavy atom. The molecule has 1 heterocycles. The van der Waals surface area contributed by atoms with Crippen molar-refractivity contribution in [2.24, 2.45) is 29.4 Å². The zero-order valence-electron chi connectivity index (χ0n) is 36.9. The van der Waals surface area contributed by atoms with Gasteiger partial charge in [0.25, 0.3) is 0 Å². The van der Waals surface area contributed by atoms with Gasteiger partial charge in [-0.1, -0.05) is 92.1 Å². The molecule has 15 nitrogen and oxygen atoms in total. The lowest BCUT2D eigenvalue weighted by atomic mass is 9.89. The number of rotatable bonds is 23. The van der Waals surface area contributed by atoms with Crippen molar-refractivity contribution in [3.05, 3.63) is 35.9 Å². The second-order valence-corrected chi connectivity index (χ2v) is 16.6. The van der Waals surface area contributed by atoms with Gasteiger partial charge in [-0.2, -0.15) is 0 Å². The number of carbonyl (C=O) groups is 6. The van der Waals surface area contributed by atoms with Crippen LogP contribution < -0.4 is 16.4 Å². The number of amides is 5. The summed E-state index contributed by atoms with van der Waals surface area (Å²) in [5.74, 6) is -4.50. The van der Waals surface area contributed by atoms with Crippen LogP contribution in [0.5, 0.6) is 0 Å². The Morgan fingerprint density at radius 2 is 1.48 bits per heavy atom. The lowest BCUT2D eigenvalue weighted by Gasteiger charge is -2.41. The topological polar surface area (TPSA) is 201 Å². The van der Waals surface area contributed by atoms with Crippen LogP contribution in [0.1, 0.15) is 93.1 Å². The molecule has 1 aliphatic heterocycles. The highest BCUT2D eigenvalue weighted by Gasteiger charge is 2.44. The van der Waals surface area contributed by atoms with Gasteiger partial charge in [0.05, 0.1) is 42.7 Å². The average molecular weight is 817 g/mol. The molecule has 1 aliphatic rings. The number of aliphatic carboxylic acids is 1. The number of hydrogen-bond donors (Lipinski definition) is 4. The number of carboxylic acid groups (broad SMARTS) is 1. The SMILES string of the molecule is CC[C@@H](N)C(=O)N(C)[C@H](C(=O)N[C@H](C(=O)N(C)[C@@H]([C@@H](C)CC)[C@@H](CC(=O)N1CCC[C@H]1[C@H](OC)[C@@H](C)C(=O)N[C@@H](Cc1ccccc1)C(=O)O)OC)C(C)C)C(C)C. The maximum Gasteiger partial charge on any atom is 0.326 e. The first-order chi connectivity index (χ1) is 27.3. The Balaban J connectivity index is 2.30. The van der Waals surface area contributed by atoms with Gasteiger partial charge in [0.1, 0.15) is 18.1 Å². The molecule has 1 saturated heterocycles. The highest BCUT2D eigenvalue weighted by molar-refractivity contribution is 5.93. The van der Waals surface area contributed by atoms with Crippen LogP contribution in [0.3, 0.4) is 0 Å². The number of nitrogens with zero attached hydrogens (tertiary/aromatic N) is 3. The molecular weight excluding hydrogens is 745 g/mol. The number of methoxy groups -OCH3 is 2. The number of benzene rings is 1. The Labute approximate surface area is 346 Å². The molecule has 1 fully saturated rings. The normalized spacial score (nSPS) is 18.9. The number of likely N-dealkylation sites (N-methyl/N-ethyl adjacent to an activating group) is 2. The Morgan fingerprint density at radius 1 is 0.862 bits per heavy atom. The van der Waals surface area contributed by atoms with Crippen LogP contribution in [0.25, 0.3) is 0 Å². The molecule has 0 unspecified atom stereocenters. The molecule has 0 bridgehead atoms. The van der Waals surface area contributed by atoms with Crippen molar-refractivity contribution in [1.82, 2.24) is 25.3 Å². The summed E-state index contributed by atoms with van der Waals surface area (Å²) in [5.41, 5.74) is 6.79. The van der Waals surface area contributed by atoms with E-state index in [1.165, 1.54) is 19.1 Å². The fourth-order valence-electron chi connectivity index (χ4n) is 8.13. The second-order valence-electron chi connectivity index (χ2n) is 16.6. The first-order valence-corrected chi connectivity index (χ1v) is 20.8. The number of carboxylic acids is 1. The molecule has 1 aromatic rings. The summed E-state index contributed by atoms with van der Waals surface area (Å²) in [6.07, 6.45) is 0.957. The van der Waals surface area contributed by atoms with E-state index in [1.54, 1.807) is 49.9 Å². The maximum absolute atomic E-state index is 14.4. The molecule has 0 spiro atoms. The summed E-state index contributed by atoms with van der Waals surface area (Å²) >= 11 is 0. The number of likely N-dealkylation sites (tertiary alicyclic amines) is 1. The third-order valence-corrected chi connectivity index (χ3v) is 11.8. The van der Waals surface area contributed by atoms with E-state index in [0.29, 0.717) is 32.2 Å². The van der Waals surface area contributed by atoms with Crippen LogP contribution in [-0.4, -0.2) is 139 Å². The number of nitrogens with one attached hydrogen (secondary N) is 2. The largest absolute Gasteiger partial charge is 0.480 e. The van der Waals surface area contributed by atoms with Crippen LogP contribution in [0.4, 0.5) is 0 Å². The standard InChI is InChI=1S/C43H72N6O9/c1-13-27(7)37(48(10)42(54)35(25(3)4)46-40(52)36(26(5)6)47(9)41(53)30(44)14-2)33(57-11)24-34(50)49-22-18-21-32(49)38(58-12)28(8)39(51)45-31(43(55)56)23-29-19-16-15-17-20-29/h15-17,19-20,25-28,30-33,35-38H,13-14,18,21-24,44H2,1-12H3,(H,45,51)(H,46,52)(H,55,56)/t27-,28+,30+,31-,32-,33+,35-,36-,37-,38+/m0/s1. The van der Waals surface area contributed by atoms with Gasteiger partial charge in [-0.05, 0) is 42.6 Å². The molecule has 2 rings (SSSR count).